The standard InChI is InChI=1S/C14H12BrCl2NO/c15-10-3-1-9(2-4-10)14(8-18)19-13-6-11(16)5-12(17)7-13/h1-7,14H,8,18H2. The molecule has 1 unspecified atom stereocenters. The Morgan fingerprint density at radius 1 is 1.05 bits per heavy atom. The van der Waals surface area contributed by atoms with Crippen LogP contribution in [0, 0.1) is 0 Å². The van der Waals surface area contributed by atoms with Gasteiger partial charge in [0.2, 0.25) is 0 Å². The Bertz CT molecular complexity index is 540. The maximum atomic E-state index is 5.94. The predicted molar refractivity (Wildman–Crippen MR) is 83.0 cm³/mol. The number of ether oxygens (including phenoxy) is 1. The monoisotopic (exact) mass is 359 g/mol. The summed E-state index contributed by atoms with van der Waals surface area (Å²) in [6.45, 7) is 0.367. The number of hydrogen-bond donors (Lipinski definition) is 1. The van der Waals surface area contributed by atoms with E-state index in [1.165, 1.54) is 0 Å². The number of benzene rings is 2. The van der Waals surface area contributed by atoms with Crippen molar-refractivity contribution in [3.8, 4) is 5.75 Å². The zero-order valence-corrected chi connectivity index (χ0v) is 13.0. The molecule has 5 heteroatoms. The summed E-state index contributed by atoms with van der Waals surface area (Å²) in [5.41, 5.74) is 6.77. The second-order valence-electron chi connectivity index (χ2n) is 4.00. The maximum absolute atomic E-state index is 5.94. The second-order valence-corrected chi connectivity index (χ2v) is 5.79. The fourth-order valence-corrected chi connectivity index (χ4v) is 2.46. The fourth-order valence-electron chi connectivity index (χ4n) is 1.69. The molecule has 1 atom stereocenters. The molecule has 0 aliphatic heterocycles. The minimum Gasteiger partial charge on any atom is -0.484 e. The van der Waals surface area contributed by atoms with Crippen LogP contribution >= 0.6 is 39.1 Å². The maximum Gasteiger partial charge on any atom is 0.136 e. The molecule has 0 spiro atoms. The average molecular weight is 361 g/mol. The zero-order chi connectivity index (χ0) is 13.8. The second kappa shape index (κ2) is 6.62. The summed E-state index contributed by atoms with van der Waals surface area (Å²) >= 11 is 15.3. The van der Waals surface area contributed by atoms with E-state index in [0.717, 1.165) is 10.0 Å². The molecule has 0 aromatic heterocycles. The van der Waals surface area contributed by atoms with Crippen molar-refractivity contribution in [3.05, 3.63) is 62.5 Å². The molecule has 0 saturated heterocycles. The van der Waals surface area contributed by atoms with Crippen LogP contribution in [0.4, 0.5) is 0 Å². The van der Waals surface area contributed by atoms with Gasteiger partial charge in [0.25, 0.3) is 0 Å². The molecule has 0 heterocycles. The lowest BCUT2D eigenvalue weighted by Crippen LogP contribution is -2.18. The normalized spacial score (nSPS) is 12.2. The van der Waals surface area contributed by atoms with Crippen LogP contribution in [0.3, 0.4) is 0 Å². The van der Waals surface area contributed by atoms with Crippen molar-refractivity contribution >= 4 is 39.1 Å². The topological polar surface area (TPSA) is 35.2 Å². The summed E-state index contributed by atoms with van der Waals surface area (Å²) in [6.07, 6.45) is -0.234. The molecular formula is C14H12BrCl2NO. The van der Waals surface area contributed by atoms with Gasteiger partial charge in [0.05, 0.1) is 0 Å². The summed E-state index contributed by atoms with van der Waals surface area (Å²) in [5, 5.41) is 1.07. The van der Waals surface area contributed by atoms with Gasteiger partial charge in [-0.15, -0.1) is 0 Å². The highest BCUT2D eigenvalue weighted by Crippen LogP contribution is 2.28. The average Bonchev–Trinajstić information content (AvgIpc) is 2.36. The first-order chi connectivity index (χ1) is 9.08. The van der Waals surface area contributed by atoms with E-state index < -0.39 is 0 Å². The summed E-state index contributed by atoms with van der Waals surface area (Å²) in [4.78, 5) is 0. The van der Waals surface area contributed by atoms with Gasteiger partial charge < -0.3 is 10.5 Å². The third-order valence-corrected chi connectivity index (χ3v) is 3.54. The molecule has 19 heavy (non-hydrogen) atoms. The van der Waals surface area contributed by atoms with Gasteiger partial charge in [-0.3, -0.25) is 0 Å². The lowest BCUT2D eigenvalue weighted by atomic mass is 10.1. The molecular weight excluding hydrogens is 349 g/mol. The number of nitrogens with two attached hydrogens (primary N) is 1. The first-order valence-electron chi connectivity index (χ1n) is 5.67. The first-order valence-corrected chi connectivity index (χ1v) is 7.21. The summed E-state index contributed by atoms with van der Waals surface area (Å²) in [7, 11) is 0. The molecule has 0 bridgehead atoms. The predicted octanol–water partition coefficient (Wildman–Crippen LogP) is 4.83. The Labute approximate surface area is 130 Å². The van der Waals surface area contributed by atoms with Crippen LogP contribution < -0.4 is 10.5 Å². The molecule has 0 fully saturated rings. The lowest BCUT2D eigenvalue weighted by molar-refractivity contribution is 0.214. The molecule has 100 valence electrons. The quantitative estimate of drug-likeness (QED) is 0.846. The van der Waals surface area contributed by atoms with E-state index in [2.05, 4.69) is 15.9 Å². The van der Waals surface area contributed by atoms with Crippen molar-refractivity contribution in [2.24, 2.45) is 5.73 Å². The van der Waals surface area contributed by atoms with Crippen LogP contribution in [0.15, 0.2) is 46.9 Å². The molecule has 2 aromatic rings. The van der Waals surface area contributed by atoms with E-state index in [4.69, 9.17) is 33.7 Å². The smallest absolute Gasteiger partial charge is 0.136 e. The van der Waals surface area contributed by atoms with E-state index in [1.807, 2.05) is 24.3 Å². The van der Waals surface area contributed by atoms with Crippen LogP contribution in [0.1, 0.15) is 11.7 Å². The van der Waals surface area contributed by atoms with Crippen molar-refractivity contribution in [1.29, 1.82) is 0 Å². The fraction of sp³-hybridized carbons (Fsp3) is 0.143. The van der Waals surface area contributed by atoms with Gasteiger partial charge in [-0.1, -0.05) is 51.3 Å². The van der Waals surface area contributed by atoms with E-state index in [0.29, 0.717) is 22.3 Å². The minimum atomic E-state index is -0.234. The number of rotatable bonds is 4. The largest absolute Gasteiger partial charge is 0.484 e. The Kier molecular flexibility index (Phi) is 5.11. The van der Waals surface area contributed by atoms with E-state index in [1.54, 1.807) is 18.2 Å². The highest BCUT2D eigenvalue weighted by Gasteiger charge is 2.12. The van der Waals surface area contributed by atoms with Crippen LogP contribution in [-0.4, -0.2) is 6.54 Å². The van der Waals surface area contributed by atoms with Gasteiger partial charge in [-0.05, 0) is 35.9 Å². The van der Waals surface area contributed by atoms with Gasteiger partial charge in [0.15, 0.2) is 0 Å². The Morgan fingerprint density at radius 3 is 2.16 bits per heavy atom. The third kappa shape index (κ3) is 4.11. The summed E-state index contributed by atoms with van der Waals surface area (Å²) < 4.78 is 6.85. The molecule has 2 aromatic carbocycles. The molecule has 2 rings (SSSR count). The molecule has 0 aliphatic carbocycles. The first kappa shape index (κ1) is 14.7. The SMILES string of the molecule is NCC(Oc1cc(Cl)cc(Cl)c1)c1ccc(Br)cc1. The molecule has 0 radical (unpaired) electrons. The summed E-state index contributed by atoms with van der Waals surface area (Å²) in [6, 6.07) is 12.9. The van der Waals surface area contributed by atoms with Crippen LogP contribution in [-0.2, 0) is 0 Å². The molecule has 2 nitrogen and oxygen atoms in total. The molecule has 0 aliphatic rings. The van der Waals surface area contributed by atoms with E-state index in [-0.39, 0.29) is 6.10 Å². The van der Waals surface area contributed by atoms with Crippen molar-refractivity contribution in [3.63, 3.8) is 0 Å². The van der Waals surface area contributed by atoms with Gasteiger partial charge in [-0.25, -0.2) is 0 Å². The summed E-state index contributed by atoms with van der Waals surface area (Å²) in [5.74, 6) is 0.607. The lowest BCUT2D eigenvalue weighted by Gasteiger charge is -2.18. The van der Waals surface area contributed by atoms with Gasteiger partial charge in [0.1, 0.15) is 11.9 Å². The molecule has 0 saturated carbocycles. The van der Waals surface area contributed by atoms with E-state index in [9.17, 15) is 0 Å². The van der Waals surface area contributed by atoms with Gasteiger partial charge in [0, 0.05) is 21.1 Å². The number of hydrogen-bond acceptors (Lipinski definition) is 2. The zero-order valence-electron chi connectivity index (χ0n) is 9.95. The van der Waals surface area contributed by atoms with Crippen molar-refractivity contribution in [2.45, 2.75) is 6.10 Å². The van der Waals surface area contributed by atoms with E-state index >= 15 is 0 Å². The van der Waals surface area contributed by atoms with Crippen molar-refractivity contribution in [2.75, 3.05) is 6.54 Å². The number of halogens is 3. The Balaban J connectivity index is 2.21. The van der Waals surface area contributed by atoms with Gasteiger partial charge in [-0.2, -0.15) is 0 Å². The van der Waals surface area contributed by atoms with Gasteiger partial charge >= 0.3 is 0 Å². The molecule has 0 amide bonds. The van der Waals surface area contributed by atoms with Crippen molar-refractivity contribution < 1.29 is 4.74 Å². The Morgan fingerprint density at radius 2 is 1.63 bits per heavy atom. The van der Waals surface area contributed by atoms with Crippen LogP contribution in [0.25, 0.3) is 0 Å². The highest BCUT2D eigenvalue weighted by atomic mass is 79.9. The highest BCUT2D eigenvalue weighted by molar-refractivity contribution is 9.10. The Hall–Kier alpha value is -0.740. The third-order valence-electron chi connectivity index (χ3n) is 2.57. The van der Waals surface area contributed by atoms with Crippen molar-refractivity contribution in [1.82, 2.24) is 0 Å². The minimum absolute atomic E-state index is 0.234. The van der Waals surface area contributed by atoms with Crippen LogP contribution in [0.5, 0.6) is 5.75 Å². The molecule has 2 N–H and O–H groups in total. The van der Waals surface area contributed by atoms with Crippen LogP contribution in [0.2, 0.25) is 10.0 Å².